The number of rotatable bonds is 3. The molecule has 1 N–H and O–H groups in total. The van der Waals surface area contributed by atoms with E-state index < -0.39 is 0 Å². The summed E-state index contributed by atoms with van der Waals surface area (Å²) in [7, 11) is 0. The van der Waals surface area contributed by atoms with Gasteiger partial charge in [0.15, 0.2) is 0 Å². The highest BCUT2D eigenvalue weighted by atomic mass is 16.5. The van der Waals surface area contributed by atoms with Gasteiger partial charge >= 0.3 is 0 Å². The summed E-state index contributed by atoms with van der Waals surface area (Å²) in [5.74, 6) is 1.17. The average molecular weight is 184 g/mol. The molecule has 2 nitrogen and oxygen atoms in total. The van der Waals surface area contributed by atoms with Gasteiger partial charge in [-0.2, -0.15) is 0 Å². The first kappa shape index (κ1) is 9.47. The van der Waals surface area contributed by atoms with Crippen LogP contribution in [0.25, 0.3) is 0 Å². The van der Waals surface area contributed by atoms with E-state index in [0.29, 0.717) is 17.3 Å². The summed E-state index contributed by atoms with van der Waals surface area (Å²) in [4.78, 5) is 0. The zero-order valence-electron chi connectivity index (χ0n) is 8.62. The molecule has 0 bridgehead atoms. The minimum absolute atomic E-state index is 0.0818. The Kier molecular flexibility index (Phi) is 2.37. The van der Waals surface area contributed by atoms with E-state index in [1.165, 1.54) is 6.42 Å². The molecular formula is C11H20O2. The van der Waals surface area contributed by atoms with Crippen molar-refractivity contribution in [1.29, 1.82) is 0 Å². The molecule has 0 amide bonds. The lowest BCUT2D eigenvalue weighted by atomic mass is 9.95. The third-order valence-corrected chi connectivity index (χ3v) is 3.65. The summed E-state index contributed by atoms with van der Waals surface area (Å²) in [6, 6.07) is 0. The first-order valence-corrected chi connectivity index (χ1v) is 5.35. The highest BCUT2D eigenvalue weighted by molar-refractivity contribution is 4.99. The maximum atomic E-state index is 9.93. The van der Waals surface area contributed by atoms with Gasteiger partial charge in [0.1, 0.15) is 0 Å². The molecule has 0 aromatic carbocycles. The van der Waals surface area contributed by atoms with Gasteiger partial charge in [-0.3, -0.25) is 0 Å². The van der Waals surface area contributed by atoms with Crippen molar-refractivity contribution in [2.75, 3.05) is 13.2 Å². The van der Waals surface area contributed by atoms with E-state index in [1.807, 2.05) is 0 Å². The molecule has 76 valence electrons. The fourth-order valence-corrected chi connectivity index (χ4v) is 2.44. The fraction of sp³-hybridized carbons (Fsp3) is 1.00. The van der Waals surface area contributed by atoms with Gasteiger partial charge < -0.3 is 9.84 Å². The number of hydrogen-bond donors (Lipinski definition) is 1. The highest BCUT2D eigenvalue weighted by Crippen LogP contribution is 2.54. The average Bonchev–Trinajstić information content (AvgIpc) is 2.49. The Morgan fingerprint density at radius 1 is 1.54 bits per heavy atom. The maximum Gasteiger partial charge on any atom is 0.0577 e. The molecule has 2 rings (SSSR count). The van der Waals surface area contributed by atoms with Gasteiger partial charge in [0.25, 0.3) is 0 Å². The fourth-order valence-electron chi connectivity index (χ4n) is 2.44. The van der Waals surface area contributed by atoms with Crippen LogP contribution in [0.5, 0.6) is 0 Å². The lowest BCUT2D eigenvalue weighted by Gasteiger charge is -2.15. The molecule has 0 aromatic rings. The van der Waals surface area contributed by atoms with Gasteiger partial charge in [0, 0.05) is 13.2 Å². The Hall–Kier alpha value is -0.0800. The van der Waals surface area contributed by atoms with Crippen molar-refractivity contribution in [3.63, 3.8) is 0 Å². The minimum Gasteiger partial charge on any atom is -0.393 e. The van der Waals surface area contributed by atoms with Crippen LogP contribution in [-0.2, 0) is 4.74 Å². The molecule has 2 heteroatoms. The van der Waals surface area contributed by atoms with Crippen LogP contribution in [0.15, 0.2) is 0 Å². The molecule has 1 aliphatic carbocycles. The Bertz CT molecular complexity index is 183. The molecule has 3 atom stereocenters. The van der Waals surface area contributed by atoms with E-state index in [4.69, 9.17) is 4.74 Å². The Balaban J connectivity index is 1.75. The standard InChI is InChI=1S/C11H20O2/c1-11(2)6-9(11)10(12)5-8-3-4-13-7-8/h8-10,12H,3-7H2,1-2H3. The van der Waals surface area contributed by atoms with Crippen molar-refractivity contribution in [3.8, 4) is 0 Å². The zero-order valence-corrected chi connectivity index (χ0v) is 8.62. The van der Waals surface area contributed by atoms with Crippen molar-refractivity contribution in [3.05, 3.63) is 0 Å². The summed E-state index contributed by atoms with van der Waals surface area (Å²) in [6.45, 7) is 6.24. The number of aliphatic hydroxyl groups excluding tert-OH is 1. The van der Waals surface area contributed by atoms with E-state index in [0.717, 1.165) is 26.1 Å². The van der Waals surface area contributed by atoms with Gasteiger partial charge in [-0.05, 0) is 36.5 Å². The van der Waals surface area contributed by atoms with Crippen LogP contribution in [0.3, 0.4) is 0 Å². The van der Waals surface area contributed by atoms with E-state index in [2.05, 4.69) is 13.8 Å². The van der Waals surface area contributed by atoms with Crippen LogP contribution in [-0.4, -0.2) is 24.4 Å². The van der Waals surface area contributed by atoms with Gasteiger partial charge in [-0.1, -0.05) is 13.8 Å². The summed E-state index contributed by atoms with van der Waals surface area (Å²) in [5, 5.41) is 9.93. The molecule has 0 aromatic heterocycles. The molecule has 1 saturated carbocycles. The molecule has 3 unspecified atom stereocenters. The van der Waals surface area contributed by atoms with Crippen LogP contribution < -0.4 is 0 Å². The smallest absolute Gasteiger partial charge is 0.0577 e. The summed E-state index contributed by atoms with van der Waals surface area (Å²) >= 11 is 0. The maximum absolute atomic E-state index is 9.93. The Morgan fingerprint density at radius 2 is 2.23 bits per heavy atom. The van der Waals surface area contributed by atoms with Gasteiger partial charge in [0.05, 0.1) is 6.10 Å². The molecule has 1 saturated heterocycles. The highest BCUT2D eigenvalue weighted by Gasteiger charge is 2.49. The first-order valence-electron chi connectivity index (χ1n) is 5.35. The Labute approximate surface area is 80.3 Å². The normalized spacial score (nSPS) is 39.0. The molecule has 1 aliphatic heterocycles. The van der Waals surface area contributed by atoms with E-state index >= 15 is 0 Å². The zero-order chi connectivity index (χ0) is 9.47. The lowest BCUT2D eigenvalue weighted by molar-refractivity contribution is 0.100. The van der Waals surface area contributed by atoms with Gasteiger partial charge in [-0.15, -0.1) is 0 Å². The predicted molar refractivity (Wildman–Crippen MR) is 51.4 cm³/mol. The van der Waals surface area contributed by atoms with Crippen molar-refractivity contribution < 1.29 is 9.84 Å². The largest absolute Gasteiger partial charge is 0.393 e. The van der Waals surface area contributed by atoms with Crippen LogP contribution in [0.1, 0.15) is 33.1 Å². The van der Waals surface area contributed by atoms with Crippen LogP contribution in [0, 0.1) is 17.3 Å². The van der Waals surface area contributed by atoms with E-state index in [1.54, 1.807) is 0 Å². The summed E-state index contributed by atoms with van der Waals surface area (Å²) in [6.07, 6.45) is 3.21. The van der Waals surface area contributed by atoms with Crippen molar-refractivity contribution in [2.45, 2.75) is 39.2 Å². The minimum atomic E-state index is -0.0818. The second kappa shape index (κ2) is 3.25. The van der Waals surface area contributed by atoms with Crippen molar-refractivity contribution >= 4 is 0 Å². The van der Waals surface area contributed by atoms with Gasteiger partial charge in [-0.25, -0.2) is 0 Å². The third-order valence-electron chi connectivity index (χ3n) is 3.65. The predicted octanol–water partition coefficient (Wildman–Crippen LogP) is 1.82. The first-order chi connectivity index (χ1) is 6.09. The summed E-state index contributed by atoms with van der Waals surface area (Å²) in [5.41, 5.74) is 0.402. The van der Waals surface area contributed by atoms with Crippen molar-refractivity contribution in [1.82, 2.24) is 0 Å². The lowest BCUT2D eigenvalue weighted by Crippen LogP contribution is -2.18. The molecule has 13 heavy (non-hydrogen) atoms. The van der Waals surface area contributed by atoms with Crippen LogP contribution in [0.2, 0.25) is 0 Å². The molecule has 0 radical (unpaired) electrons. The number of hydrogen-bond acceptors (Lipinski definition) is 2. The number of aliphatic hydroxyl groups is 1. The molecular weight excluding hydrogens is 164 g/mol. The molecule has 1 heterocycles. The van der Waals surface area contributed by atoms with E-state index in [9.17, 15) is 5.11 Å². The third kappa shape index (κ3) is 2.05. The van der Waals surface area contributed by atoms with Gasteiger partial charge in [0.2, 0.25) is 0 Å². The number of ether oxygens (including phenoxy) is 1. The summed E-state index contributed by atoms with van der Waals surface area (Å²) < 4.78 is 5.30. The second-order valence-electron chi connectivity index (χ2n) is 5.33. The van der Waals surface area contributed by atoms with E-state index in [-0.39, 0.29) is 6.10 Å². The van der Waals surface area contributed by atoms with Crippen LogP contribution in [0.4, 0.5) is 0 Å². The molecule has 0 spiro atoms. The topological polar surface area (TPSA) is 29.5 Å². The molecule has 2 aliphatic rings. The second-order valence-corrected chi connectivity index (χ2v) is 5.33. The molecule has 2 fully saturated rings. The van der Waals surface area contributed by atoms with Crippen molar-refractivity contribution in [2.24, 2.45) is 17.3 Å². The quantitative estimate of drug-likeness (QED) is 0.725. The Morgan fingerprint density at radius 3 is 2.69 bits per heavy atom. The van der Waals surface area contributed by atoms with Crippen LogP contribution >= 0.6 is 0 Å². The SMILES string of the molecule is CC1(C)CC1C(O)CC1CCOC1. The monoisotopic (exact) mass is 184 g/mol.